The van der Waals surface area contributed by atoms with Gasteiger partial charge in [0, 0.05) is 25.1 Å². The first-order valence-electron chi connectivity index (χ1n) is 8.05. The van der Waals surface area contributed by atoms with Crippen molar-refractivity contribution in [1.82, 2.24) is 10.3 Å². The fourth-order valence-corrected chi connectivity index (χ4v) is 2.87. The van der Waals surface area contributed by atoms with Gasteiger partial charge >= 0.3 is 0 Å². The summed E-state index contributed by atoms with van der Waals surface area (Å²) in [5.41, 5.74) is 8.00. The average molecular weight is 342 g/mol. The van der Waals surface area contributed by atoms with E-state index < -0.39 is 12.1 Å². The van der Waals surface area contributed by atoms with Gasteiger partial charge in [-0.2, -0.15) is 0 Å². The maximum atomic E-state index is 13.6. The summed E-state index contributed by atoms with van der Waals surface area (Å²) in [6.07, 6.45) is 3.89. The number of carbonyl (C=O) groups is 2. The average Bonchev–Trinajstić information content (AvgIpc) is 2.57. The highest BCUT2D eigenvalue weighted by Gasteiger charge is 2.27. The van der Waals surface area contributed by atoms with E-state index in [1.165, 1.54) is 6.07 Å². The lowest BCUT2D eigenvalue weighted by atomic mass is 9.99. The third kappa shape index (κ3) is 4.19. The first kappa shape index (κ1) is 17.0. The van der Waals surface area contributed by atoms with Gasteiger partial charge in [-0.3, -0.25) is 14.6 Å². The van der Waals surface area contributed by atoms with Crippen molar-refractivity contribution >= 4 is 17.5 Å². The predicted molar refractivity (Wildman–Crippen MR) is 91.2 cm³/mol. The van der Waals surface area contributed by atoms with Crippen LogP contribution in [0, 0.1) is 5.82 Å². The zero-order valence-electron chi connectivity index (χ0n) is 13.5. The number of nitrogens with one attached hydrogen (secondary N) is 2. The van der Waals surface area contributed by atoms with Crippen LogP contribution in [0.1, 0.15) is 17.5 Å². The van der Waals surface area contributed by atoms with Crippen LogP contribution in [0.15, 0.2) is 42.7 Å². The third-order valence-electron chi connectivity index (χ3n) is 4.13. The first-order valence-corrected chi connectivity index (χ1v) is 8.05. The summed E-state index contributed by atoms with van der Waals surface area (Å²) in [5.74, 6) is -0.951. The number of amides is 2. The van der Waals surface area contributed by atoms with E-state index in [0.29, 0.717) is 17.7 Å². The van der Waals surface area contributed by atoms with Gasteiger partial charge in [0.2, 0.25) is 11.8 Å². The number of rotatable bonds is 5. The minimum absolute atomic E-state index is 0.0152. The van der Waals surface area contributed by atoms with Crippen LogP contribution in [0.2, 0.25) is 0 Å². The second-order valence-corrected chi connectivity index (χ2v) is 6.11. The normalized spacial score (nSPS) is 17.4. The molecular formula is C18H19FN4O2. The Balaban J connectivity index is 1.56. The second kappa shape index (κ2) is 7.40. The van der Waals surface area contributed by atoms with Gasteiger partial charge in [0.1, 0.15) is 11.9 Å². The van der Waals surface area contributed by atoms with Gasteiger partial charge in [0.25, 0.3) is 0 Å². The first-order chi connectivity index (χ1) is 12.0. The number of nitrogens with zero attached hydrogens (tertiary/aromatic N) is 1. The lowest BCUT2D eigenvalue weighted by Crippen LogP contribution is -2.48. The number of hydrogen-bond donors (Lipinski definition) is 3. The summed E-state index contributed by atoms with van der Waals surface area (Å²) in [7, 11) is 0. The van der Waals surface area contributed by atoms with E-state index in [-0.39, 0.29) is 30.5 Å². The van der Waals surface area contributed by atoms with Crippen LogP contribution < -0.4 is 16.4 Å². The third-order valence-corrected chi connectivity index (χ3v) is 4.13. The summed E-state index contributed by atoms with van der Waals surface area (Å²) >= 11 is 0. The fourth-order valence-electron chi connectivity index (χ4n) is 2.87. The number of aromatic nitrogens is 1. The molecule has 2 aromatic rings. The quantitative estimate of drug-likeness (QED) is 0.759. The minimum Gasteiger partial charge on any atom is -0.344 e. The SMILES string of the molecule is N[C@@H](CC(=O)NC1Cc2ccncc2NC1=O)Cc1ccccc1F. The van der Waals surface area contributed by atoms with Crippen LogP contribution >= 0.6 is 0 Å². The molecule has 130 valence electrons. The van der Waals surface area contributed by atoms with Crippen molar-refractivity contribution in [3.8, 4) is 0 Å². The molecule has 0 aliphatic carbocycles. The second-order valence-electron chi connectivity index (χ2n) is 6.11. The predicted octanol–water partition coefficient (Wildman–Crippen LogP) is 1.16. The summed E-state index contributed by atoms with van der Waals surface area (Å²) in [6.45, 7) is 0. The Morgan fingerprint density at radius 1 is 1.40 bits per heavy atom. The number of anilines is 1. The number of pyridine rings is 1. The molecule has 0 bridgehead atoms. The van der Waals surface area contributed by atoms with Crippen molar-refractivity contribution in [2.24, 2.45) is 5.73 Å². The van der Waals surface area contributed by atoms with E-state index in [0.717, 1.165) is 5.56 Å². The molecule has 2 atom stereocenters. The van der Waals surface area contributed by atoms with Crippen molar-refractivity contribution in [2.75, 3.05) is 5.32 Å². The van der Waals surface area contributed by atoms with Crippen molar-refractivity contribution in [2.45, 2.75) is 31.3 Å². The molecule has 1 aromatic heterocycles. The molecule has 1 aliphatic heterocycles. The van der Waals surface area contributed by atoms with Gasteiger partial charge in [-0.1, -0.05) is 18.2 Å². The molecule has 3 rings (SSSR count). The number of carbonyl (C=O) groups excluding carboxylic acids is 2. The molecule has 7 heteroatoms. The van der Waals surface area contributed by atoms with Gasteiger partial charge in [-0.25, -0.2) is 4.39 Å². The lowest BCUT2D eigenvalue weighted by Gasteiger charge is -2.25. The molecule has 0 spiro atoms. The van der Waals surface area contributed by atoms with E-state index in [4.69, 9.17) is 5.73 Å². The molecule has 4 N–H and O–H groups in total. The van der Waals surface area contributed by atoms with E-state index in [9.17, 15) is 14.0 Å². The highest BCUT2D eigenvalue weighted by molar-refractivity contribution is 5.99. The molecule has 6 nitrogen and oxygen atoms in total. The Hall–Kier alpha value is -2.80. The summed E-state index contributed by atoms with van der Waals surface area (Å²) in [5, 5.41) is 5.41. The van der Waals surface area contributed by atoms with E-state index in [1.54, 1.807) is 36.7 Å². The zero-order valence-corrected chi connectivity index (χ0v) is 13.5. The number of benzene rings is 1. The van der Waals surface area contributed by atoms with Gasteiger partial charge < -0.3 is 16.4 Å². The highest BCUT2D eigenvalue weighted by atomic mass is 19.1. The smallest absolute Gasteiger partial charge is 0.247 e. The largest absolute Gasteiger partial charge is 0.344 e. The summed E-state index contributed by atoms with van der Waals surface area (Å²) < 4.78 is 13.6. The maximum Gasteiger partial charge on any atom is 0.247 e. The Kier molecular flexibility index (Phi) is 5.04. The van der Waals surface area contributed by atoms with E-state index in [1.807, 2.05) is 0 Å². The van der Waals surface area contributed by atoms with Crippen LogP contribution in [-0.2, 0) is 22.4 Å². The van der Waals surface area contributed by atoms with E-state index in [2.05, 4.69) is 15.6 Å². The molecule has 0 fully saturated rings. The highest BCUT2D eigenvalue weighted by Crippen LogP contribution is 2.20. The lowest BCUT2D eigenvalue weighted by molar-refractivity contribution is -0.126. The van der Waals surface area contributed by atoms with Crippen molar-refractivity contribution in [1.29, 1.82) is 0 Å². The molecule has 1 aromatic carbocycles. The van der Waals surface area contributed by atoms with Crippen molar-refractivity contribution in [3.05, 3.63) is 59.7 Å². The van der Waals surface area contributed by atoms with Gasteiger partial charge in [-0.15, -0.1) is 0 Å². The monoisotopic (exact) mass is 342 g/mol. The van der Waals surface area contributed by atoms with Crippen LogP contribution in [0.3, 0.4) is 0 Å². The summed E-state index contributed by atoms with van der Waals surface area (Å²) in [4.78, 5) is 28.2. The van der Waals surface area contributed by atoms with Crippen LogP contribution in [0.5, 0.6) is 0 Å². The number of fused-ring (bicyclic) bond motifs is 1. The molecule has 1 unspecified atom stereocenters. The molecule has 0 saturated heterocycles. The molecule has 0 saturated carbocycles. The molecule has 1 aliphatic rings. The topological polar surface area (TPSA) is 97.1 Å². The number of nitrogens with two attached hydrogens (primary N) is 1. The fraction of sp³-hybridized carbons (Fsp3) is 0.278. The Labute approximate surface area is 144 Å². The number of halogens is 1. The van der Waals surface area contributed by atoms with Gasteiger partial charge in [-0.05, 0) is 29.7 Å². The number of hydrogen-bond acceptors (Lipinski definition) is 4. The minimum atomic E-state index is -0.650. The molecule has 0 radical (unpaired) electrons. The Bertz CT molecular complexity index is 796. The molecular weight excluding hydrogens is 323 g/mol. The molecule has 2 heterocycles. The summed E-state index contributed by atoms with van der Waals surface area (Å²) in [6, 6.07) is 6.96. The van der Waals surface area contributed by atoms with Crippen LogP contribution in [-0.4, -0.2) is 28.9 Å². The van der Waals surface area contributed by atoms with Gasteiger partial charge in [0.15, 0.2) is 0 Å². The van der Waals surface area contributed by atoms with Gasteiger partial charge in [0.05, 0.1) is 11.9 Å². The maximum absolute atomic E-state index is 13.6. The molecule has 25 heavy (non-hydrogen) atoms. The molecule has 2 amide bonds. The standard InChI is InChI=1S/C18H19FN4O2/c19-14-4-2-1-3-11(14)7-13(20)9-17(24)22-15-8-12-5-6-21-10-16(12)23-18(15)25/h1-6,10,13,15H,7-9,20H2,(H,22,24)(H,23,25)/t13-,15?/m1/s1. The van der Waals surface area contributed by atoms with E-state index >= 15 is 0 Å². The Morgan fingerprint density at radius 3 is 3.00 bits per heavy atom. The van der Waals surface area contributed by atoms with Crippen LogP contribution in [0.4, 0.5) is 10.1 Å². The zero-order chi connectivity index (χ0) is 17.8. The van der Waals surface area contributed by atoms with Crippen molar-refractivity contribution in [3.63, 3.8) is 0 Å². The van der Waals surface area contributed by atoms with Crippen molar-refractivity contribution < 1.29 is 14.0 Å². The Morgan fingerprint density at radius 2 is 2.20 bits per heavy atom. The van der Waals surface area contributed by atoms with Crippen LogP contribution in [0.25, 0.3) is 0 Å².